The van der Waals surface area contributed by atoms with Gasteiger partial charge >= 0.3 is 5.97 Å². The molecule has 3 nitrogen and oxygen atoms in total. The van der Waals surface area contributed by atoms with Gasteiger partial charge in [0.05, 0.1) is 5.56 Å². The van der Waals surface area contributed by atoms with Crippen molar-refractivity contribution in [2.75, 3.05) is 5.32 Å². The van der Waals surface area contributed by atoms with Crippen LogP contribution in [0.3, 0.4) is 0 Å². The predicted octanol–water partition coefficient (Wildman–Crippen LogP) is 4.92. The van der Waals surface area contributed by atoms with Crippen molar-refractivity contribution in [3.63, 3.8) is 0 Å². The van der Waals surface area contributed by atoms with Gasteiger partial charge in [0.25, 0.3) is 0 Å². The number of unbranched alkanes of at least 4 members (excludes halogenated alkanes) is 2. The summed E-state index contributed by atoms with van der Waals surface area (Å²) in [6.45, 7) is 4.38. The summed E-state index contributed by atoms with van der Waals surface area (Å²) in [4.78, 5) is 11.3. The van der Waals surface area contributed by atoms with Crippen molar-refractivity contribution >= 4 is 22.4 Å². The average molecular weight is 285 g/mol. The lowest BCUT2D eigenvalue weighted by Gasteiger charge is -2.17. The Balaban J connectivity index is 2.25. The molecule has 2 aromatic carbocycles. The lowest BCUT2D eigenvalue weighted by molar-refractivity contribution is 0.0699. The van der Waals surface area contributed by atoms with Crippen LogP contribution in [0.1, 0.15) is 49.9 Å². The molecule has 3 heteroatoms. The minimum Gasteiger partial charge on any atom is -0.478 e. The standard InChI is InChI=1S/C18H23NO2/c1-3-4-5-8-13(2)19-17-12-11-16(18(20)21)14-9-6-7-10-15(14)17/h6-7,9-13,19H,3-5,8H2,1-2H3,(H,20,21). The van der Waals surface area contributed by atoms with Crippen LogP contribution in [-0.2, 0) is 0 Å². The van der Waals surface area contributed by atoms with E-state index >= 15 is 0 Å². The molecule has 112 valence electrons. The van der Waals surface area contributed by atoms with Crippen molar-refractivity contribution in [1.29, 1.82) is 0 Å². The molecule has 2 N–H and O–H groups in total. The van der Waals surface area contributed by atoms with Crippen LogP contribution < -0.4 is 5.32 Å². The topological polar surface area (TPSA) is 49.3 Å². The minimum atomic E-state index is -0.881. The molecule has 0 radical (unpaired) electrons. The molecule has 21 heavy (non-hydrogen) atoms. The second-order valence-corrected chi connectivity index (χ2v) is 5.55. The summed E-state index contributed by atoms with van der Waals surface area (Å²) in [5.74, 6) is -0.881. The van der Waals surface area contributed by atoms with E-state index in [1.165, 1.54) is 19.3 Å². The smallest absolute Gasteiger partial charge is 0.336 e. The molecule has 0 aliphatic heterocycles. The van der Waals surface area contributed by atoms with Gasteiger partial charge < -0.3 is 10.4 Å². The zero-order valence-corrected chi connectivity index (χ0v) is 12.7. The number of anilines is 1. The van der Waals surface area contributed by atoms with E-state index in [2.05, 4.69) is 19.2 Å². The van der Waals surface area contributed by atoms with E-state index in [0.717, 1.165) is 22.9 Å². The fraction of sp³-hybridized carbons (Fsp3) is 0.389. The van der Waals surface area contributed by atoms with Crippen molar-refractivity contribution in [1.82, 2.24) is 0 Å². The molecule has 0 aromatic heterocycles. The van der Waals surface area contributed by atoms with Gasteiger partial charge in [-0.25, -0.2) is 4.79 Å². The van der Waals surface area contributed by atoms with E-state index in [-0.39, 0.29) is 0 Å². The Hall–Kier alpha value is -2.03. The van der Waals surface area contributed by atoms with E-state index in [1.807, 2.05) is 30.3 Å². The Kier molecular flexibility index (Phi) is 5.20. The summed E-state index contributed by atoms with van der Waals surface area (Å²) < 4.78 is 0. The summed E-state index contributed by atoms with van der Waals surface area (Å²) >= 11 is 0. The maximum atomic E-state index is 11.3. The van der Waals surface area contributed by atoms with E-state index in [4.69, 9.17) is 0 Å². The van der Waals surface area contributed by atoms with Gasteiger partial charge in [-0.15, -0.1) is 0 Å². The number of benzene rings is 2. The van der Waals surface area contributed by atoms with Crippen LogP contribution in [0.4, 0.5) is 5.69 Å². The first-order valence-corrected chi connectivity index (χ1v) is 7.65. The number of rotatable bonds is 7. The molecule has 1 unspecified atom stereocenters. The Bertz CT molecular complexity index is 622. The molecule has 0 saturated carbocycles. The van der Waals surface area contributed by atoms with Crippen molar-refractivity contribution in [3.8, 4) is 0 Å². The molecule has 0 aliphatic rings. The average Bonchev–Trinajstić information content (AvgIpc) is 2.47. The van der Waals surface area contributed by atoms with Crippen LogP contribution in [0.15, 0.2) is 36.4 Å². The molecule has 2 rings (SSSR count). The number of carboxylic acid groups (broad SMARTS) is 1. The number of nitrogens with one attached hydrogen (secondary N) is 1. The van der Waals surface area contributed by atoms with E-state index in [0.29, 0.717) is 11.6 Å². The molecule has 0 spiro atoms. The SMILES string of the molecule is CCCCCC(C)Nc1ccc(C(=O)O)c2ccccc12. The predicted molar refractivity (Wildman–Crippen MR) is 88.1 cm³/mol. The van der Waals surface area contributed by atoms with Gasteiger partial charge in [0.15, 0.2) is 0 Å². The Morgan fingerprint density at radius 2 is 1.86 bits per heavy atom. The molecule has 1 atom stereocenters. The lowest BCUT2D eigenvalue weighted by Crippen LogP contribution is -2.15. The molecule has 0 saturated heterocycles. The van der Waals surface area contributed by atoms with Crippen LogP contribution in [0.2, 0.25) is 0 Å². The van der Waals surface area contributed by atoms with Crippen LogP contribution in [0.5, 0.6) is 0 Å². The fourth-order valence-corrected chi connectivity index (χ4v) is 2.65. The Labute approximate surface area is 126 Å². The van der Waals surface area contributed by atoms with Crippen LogP contribution >= 0.6 is 0 Å². The minimum absolute atomic E-state index is 0.356. The highest BCUT2D eigenvalue weighted by Gasteiger charge is 2.12. The van der Waals surface area contributed by atoms with E-state index < -0.39 is 5.97 Å². The maximum Gasteiger partial charge on any atom is 0.336 e. The number of carbonyl (C=O) groups is 1. The first-order chi connectivity index (χ1) is 10.1. The van der Waals surface area contributed by atoms with Gasteiger partial charge in [-0.3, -0.25) is 0 Å². The highest BCUT2D eigenvalue weighted by molar-refractivity contribution is 6.07. The Morgan fingerprint density at radius 1 is 1.14 bits per heavy atom. The molecule has 0 amide bonds. The second kappa shape index (κ2) is 7.11. The van der Waals surface area contributed by atoms with Crippen LogP contribution in [-0.4, -0.2) is 17.1 Å². The third-order valence-electron chi connectivity index (χ3n) is 3.80. The van der Waals surface area contributed by atoms with Gasteiger partial charge in [-0.2, -0.15) is 0 Å². The normalized spacial score (nSPS) is 12.3. The van der Waals surface area contributed by atoms with E-state index in [1.54, 1.807) is 6.07 Å². The third kappa shape index (κ3) is 3.75. The summed E-state index contributed by atoms with van der Waals surface area (Å²) in [5.41, 5.74) is 1.37. The monoisotopic (exact) mass is 285 g/mol. The van der Waals surface area contributed by atoms with Crippen molar-refractivity contribution in [2.24, 2.45) is 0 Å². The third-order valence-corrected chi connectivity index (χ3v) is 3.80. The number of hydrogen-bond donors (Lipinski definition) is 2. The van der Waals surface area contributed by atoms with Crippen LogP contribution in [0, 0.1) is 0 Å². The number of fused-ring (bicyclic) bond motifs is 1. The molecule has 0 bridgehead atoms. The number of hydrogen-bond acceptors (Lipinski definition) is 2. The van der Waals surface area contributed by atoms with Gasteiger partial charge in [0.2, 0.25) is 0 Å². The first kappa shape index (κ1) is 15.4. The Morgan fingerprint density at radius 3 is 2.52 bits per heavy atom. The molecular weight excluding hydrogens is 262 g/mol. The van der Waals surface area contributed by atoms with Crippen molar-refractivity contribution in [2.45, 2.75) is 45.6 Å². The van der Waals surface area contributed by atoms with Crippen molar-refractivity contribution < 1.29 is 9.90 Å². The highest BCUT2D eigenvalue weighted by Crippen LogP contribution is 2.27. The molecule has 0 fully saturated rings. The van der Waals surface area contributed by atoms with Gasteiger partial charge in [0, 0.05) is 17.1 Å². The largest absolute Gasteiger partial charge is 0.478 e. The molecule has 0 heterocycles. The quantitative estimate of drug-likeness (QED) is 0.710. The highest BCUT2D eigenvalue weighted by atomic mass is 16.4. The summed E-state index contributed by atoms with van der Waals surface area (Å²) in [5, 5.41) is 14.6. The van der Waals surface area contributed by atoms with Crippen molar-refractivity contribution in [3.05, 3.63) is 42.0 Å². The summed E-state index contributed by atoms with van der Waals surface area (Å²) in [6.07, 6.45) is 4.83. The molecule has 2 aromatic rings. The number of carboxylic acids is 1. The summed E-state index contributed by atoms with van der Waals surface area (Å²) in [6, 6.07) is 11.6. The molecule has 0 aliphatic carbocycles. The van der Waals surface area contributed by atoms with Gasteiger partial charge in [0.1, 0.15) is 0 Å². The van der Waals surface area contributed by atoms with Crippen LogP contribution in [0.25, 0.3) is 10.8 Å². The first-order valence-electron chi connectivity index (χ1n) is 7.65. The molecular formula is C18H23NO2. The van der Waals surface area contributed by atoms with Gasteiger partial charge in [-0.1, -0.05) is 50.5 Å². The summed E-state index contributed by atoms with van der Waals surface area (Å²) in [7, 11) is 0. The van der Waals surface area contributed by atoms with Gasteiger partial charge in [-0.05, 0) is 30.9 Å². The lowest BCUT2D eigenvalue weighted by atomic mass is 10.0. The second-order valence-electron chi connectivity index (χ2n) is 5.55. The fourth-order valence-electron chi connectivity index (χ4n) is 2.65. The zero-order valence-electron chi connectivity index (χ0n) is 12.7. The zero-order chi connectivity index (χ0) is 15.2. The number of aromatic carboxylic acids is 1. The van der Waals surface area contributed by atoms with E-state index in [9.17, 15) is 9.90 Å². The maximum absolute atomic E-state index is 11.3.